The Bertz CT molecular complexity index is 593. The standard InChI is InChI=1S/C15H22N4O3/c1-15(2,3)22-14(20)19-7-5-10(6-8-19)11-9-12(21-4)13(16)18-17-11/h5,9H,6-8H2,1-4H3,(H2,16,18). The Labute approximate surface area is 130 Å². The van der Waals surface area contributed by atoms with Gasteiger partial charge in [-0.05, 0) is 32.8 Å². The normalized spacial score (nSPS) is 15.3. The number of nitrogen functional groups attached to an aromatic ring is 1. The number of methoxy groups -OCH3 is 1. The van der Waals surface area contributed by atoms with Crippen LogP contribution in [0.25, 0.3) is 5.57 Å². The van der Waals surface area contributed by atoms with Gasteiger partial charge in [0.05, 0.1) is 12.8 Å². The Morgan fingerprint density at radius 2 is 2.09 bits per heavy atom. The summed E-state index contributed by atoms with van der Waals surface area (Å²) in [5, 5.41) is 7.97. The number of carbonyl (C=O) groups is 1. The molecule has 1 aromatic heterocycles. The maximum Gasteiger partial charge on any atom is 0.410 e. The molecule has 1 aromatic rings. The largest absolute Gasteiger partial charge is 0.493 e. The van der Waals surface area contributed by atoms with Gasteiger partial charge in [-0.25, -0.2) is 4.79 Å². The topological polar surface area (TPSA) is 90.6 Å². The van der Waals surface area contributed by atoms with E-state index >= 15 is 0 Å². The van der Waals surface area contributed by atoms with E-state index in [4.69, 9.17) is 15.2 Å². The van der Waals surface area contributed by atoms with E-state index in [9.17, 15) is 4.79 Å². The molecule has 1 aliphatic heterocycles. The predicted molar refractivity (Wildman–Crippen MR) is 83.4 cm³/mol. The van der Waals surface area contributed by atoms with Gasteiger partial charge >= 0.3 is 6.09 Å². The predicted octanol–water partition coefficient (Wildman–Crippen LogP) is 2.09. The molecule has 7 heteroatoms. The van der Waals surface area contributed by atoms with Crippen LogP contribution in [0.15, 0.2) is 12.1 Å². The number of nitrogens with two attached hydrogens (primary N) is 1. The lowest BCUT2D eigenvalue weighted by Gasteiger charge is -2.29. The maximum absolute atomic E-state index is 12.0. The van der Waals surface area contributed by atoms with Crippen molar-refractivity contribution in [2.45, 2.75) is 32.8 Å². The third-order valence-corrected chi connectivity index (χ3v) is 3.20. The molecule has 1 amide bonds. The van der Waals surface area contributed by atoms with Gasteiger partial charge in [-0.3, -0.25) is 0 Å². The van der Waals surface area contributed by atoms with E-state index < -0.39 is 5.60 Å². The second-order valence-corrected chi connectivity index (χ2v) is 6.09. The summed E-state index contributed by atoms with van der Waals surface area (Å²) in [5.41, 5.74) is 6.91. The summed E-state index contributed by atoms with van der Waals surface area (Å²) < 4.78 is 10.5. The van der Waals surface area contributed by atoms with Crippen LogP contribution in [0, 0.1) is 0 Å². The van der Waals surface area contributed by atoms with Crippen molar-refractivity contribution in [2.24, 2.45) is 0 Å². The smallest absolute Gasteiger partial charge is 0.410 e. The summed E-state index contributed by atoms with van der Waals surface area (Å²) >= 11 is 0. The highest BCUT2D eigenvalue weighted by atomic mass is 16.6. The van der Waals surface area contributed by atoms with Crippen molar-refractivity contribution in [3.8, 4) is 5.75 Å². The number of amides is 1. The summed E-state index contributed by atoms with van der Waals surface area (Å²) in [6, 6.07) is 1.76. The van der Waals surface area contributed by atoms with Crippen LogP contribution in [-0.4, -0.2) is 47.0 Å². The summed E-state index contributed by atoms with van der Waals surface area (Å²) in [6.07, 6.45) is 2.33. The molecule has 0 radical (unpaired) electrons. The second kappa shape index (κ2) is 6.21. The van der Waals surface area contributed by atoms with Gasteiger partial charge in [0, 0.05) is 19.2 Å². The van der Waals surface area contributed by atoms with Crippen molar-refractivity contribution in [3.05, 3.63) is 17.8 Å². The minimum Gasteiger partial charge on any atom is -0.493 e. The first kappa shape index (κ1) is 16.1. The zero-order chi connectivity index (χ0) is 16.3. The molecule has 0 aliphatic carbocycles. The van der Waals surface area contributed by atoms with Gasteiger partial charge in [0.2, 0.25) is 0 Å². The molecule has 0 bridgehead atoms. The average Bonchev–Trinajstić information content (AvgIpc) is 2.46. The SMILES string of the molecule is COc1cc(C2=CCN(C(=O)OC(C)(C)C)CC2)nnc1N. The van der Waals surface area contributed by atoms with E-state index in [1.807, 2.05) is 26.8 Å². The number of hydrogen-bond acceptors (Lipinski definition) is 6. The molecule has 0 saturated carbocycles. The highest BCUT2D eigenvalue weighted by Crippen LogP contribution is 2.26. The van der Waals surface area contributed by atoms with Gasteiger partial charge in [0.15, 0.2) is 11.6 Å². The molecule has 0 fully saturated rings. The van der Waals surface area contributed by atoms with Crippen LogP contribution in [0.4, 0.5) is 10.6 Å². The minimum atomic E-state index is -0.489. The zero-order valence-electron chi connectivity index (χ0n) is 13.4. The Morgan fingerprint density at radius 1 is 1.36 bits per heavy atom. The number of ether oxygens (including phenoxy) is 2. The molecule has 2 rings (SSSR count). The first-order valence-electron chi connectivity index (χ1n) is 7.14. The van der Waals surface area contributed by atoms with Crippen LogP contribution in [-0.2, 0) is 4.74 Å². The van der Waals surface area contributed by atoms with Gasteiger partial charge in [-0.1, -0.05) is 6.08 Å². The Hall–Kier alpha value is -2.31. The first-order valence-corrected chi connectivity index (χ1v) is 7.14. The molecule has 0 spiro atoms. The molecule has 7 nitrogen and oxygen atoms in total. The van der Waals surface area contributed by atoms with Crippen molar-refractivity contribution in [1.29, 1.82) is 0 Å². The van der Waals surface area contributed by atoms with E-state index in [1.54, 1.807) is 11.0 Å². The average molecular weight is 306 g/mol. The highest BCUT2D eigenvalue weighted by molar-refractivity contribution is 5.72. The molecule has 1 aliphatic rings. The van der Waals surface area contributed by atoms with Crippen LogP contribution in [0.3, 0.4) is 0 Å². The van der Waals surface area contributed by atoms with Gasteiger partial charge < -0.3 is 20.1 Å². The summed E-state index contributed by atoms with van der Waals surface area (Å²) in [4.78, 5) is 13.7. The fourth-order valence-electron chi connectivity index (χ4n) is 2.10. The van der Waals surface area contributed by atoms with Gasteiger partial charge in [-0.2, -0.15) is 0 Å². The lowest BCUT2D eigenvalue weighted by Crippen LogP contribution is -2.39. The van der Waals surface area contributed by atoms with E-state index in [2.05, 4.69) is 10.2 Å². The molecule has 0 aromatic carbocycles. The van der Waals surface area contributed by atoms with Crippen LogP contribution in [0.1, 0.15) is 32.9 Å². The number of hydrogen-bond donors (Lipinski definition) is 1. The molecule has 2 N–H and O–H groups in total. The lowest BCUT2D eigenvalue weighted by molar-refractivity contribution is 0.0270. The molecule has 120 valence electrons. The molecule has 0 unspecified atom stereocenters. The summed E-state index contributed by atoms with van der Waals surface area (Å²) in [6.45, 7) is 6.62. The van der Waals surface area contributed by atoms with E-state index in [0.29, 0.717) is 25.3 Å². The lowest BCUT2D eigenvalue weighted by atomic mass is 10.0. The van der Waals surface area contributed by atoms with Gasteiger partial charge in [-0.15, -0.1) is 10.2 Å². The maximum atomic E-state index is 12.0. The van der Waals surface area contributed by atoms with Crippen LogP contribution in [0.2, 0.25) is 0 Å². The summed E-state index contributed by atoms with van der Waals surface area (Å²) in [5.74, 6) is 0.763. The van der Waals surface area contributed by atoms with Crippen molar-refractivity contribution in [1.82, 2.24) is 15.1 Å². The number of nitrogens with zero attached hydrogens (tertiary/aromatic N) is 3. The Kier molecular flexibility index (Phi) is 4.54. The van der Waals surface area contributed by atoms with Gasteiger partial charge in [0.25, 0.3) is 0 Å². The number of rotatable bonds is 2. The van der Waals surface area contributed by atoms with Crippen LogP contribution < -0.4 is 10.5 Å². The van der Waals surface area contributed by atoms with Crippen LogP contribution in [0.5, 0.6) is 5.75 Å². The monoisotopic (exact) mass is 306 g/mol. The van der Waals surface area contributed by atoms with Gasteiger partial charge in [0.1, 0.15) is 5.60 Å². The molecule has 0 atom stereocenters. The second-order valence-electron chi connectivity index (χ2n) is 6.09. The molecule has 2 heterocycles. The molecular weight excluding hydrogens is 284 g/mol. The highest BCUT2D eigenvalue weighted by Gasteiger charge is 2.24. The number of carbonyl (C=O) groups excluding carboxylic acids is 1. The molecular formula is C15H22N4O3. The van der Waals surface area contributed by atoms with Crippen LogP contribution >= 0.6 is 0 Å². The van der Waals surface area contributed by atoms with E-state index in [1.165, 1.54) is 7.11 Å². The third-order valence-electron chi connectivity index (χ3n) is 3.20. The molecule has 22 heavy (non-hydrogen) atoms. The quantitative estimate of drug-likeness (QED) is 0.899. The molecule has 0 saturated heterocycles. The van der Waals surface area contributed by atoms with E-state index in [0.717, 1.165) is 11.3 Å². The summed E-state index contributed by atoms with van der Waals surface area (Å²) in [7, 11) is 1.54. The van der Waals surface area contributed by atoms with Crippen molar-refractivity contribution < 1.29 is 14.3 Å². The van der Waals surface area contributed by atoms with E-state index in [-0.39, 0.29) is 11.9 Å². The first-order chi connectivity index (χ1) is 10.3. The fraction of sp³-hybridized carbons (Fsp3) is 0.533. The Morgan fingerprint density at radius 3 is 2.64 bits per heavy atom. The number of aromatic nitrogens is 2. The fourth-order valence-corrected chi connectivity index (χ4v) is 2.10. The zero-order valence-corrected chi connectivity index (χ0v) is 13.4. The Balaban J connectivity index is 2.07. The number of anilines is 1. The minimum absolute atomic E-state index is 0.262. The third kappa shape index (κ3) is 3.87. The van der Waals surface area contributed by atoms with Crippen molar-refractivity contribution in [2.75, 3.05) is 25.9 Å². The van der Waals surface area contributed by atoms with Crippen molar-refractivity contribution in [3.63, 3.8) is 0 Å². The van der Waals surface area contributed by atoms with Crippen molar-refractivity contribution >= 4 is 17.5 Å².